The van der Waals surface area contributed by atoms with E-state index in [1.807, 2.05) is 36.4 Å². The monoisotopic (exact) mass is 412 g/mol. The Bertz CT molecular complexity index is 801. The quantitative estimate of drug-likeness (QED) is 0.606. The largest absolute Gasteiger partial charge is 0.497 e. The lowest BCUT2D eigenvalue weighted by atomic mass is 10.1. The maximum Gasteiger partial charge on any atom is 0.161 e. The topological polar surface area (TPSA) is 54.4 Å². The number of piperazine rings is 1. The first kappa shape index (κ1) is 22.0. The van der Waals surface area contributed by atoms with E-state index < -0.39 is 6.10 Å². The summed E-state index contributed by atoms with van der Waals surface area (Å²) in [5, 5.41) is 10.5. The molecule has 1 aliphatic heterocycles. The molecular weight excluding hydrogens is 380 g/mol. The summed E-state index contributed by atoms with van der Waals surface area (Å²) in [4.78, 5) is 4.63. The van der Waals surface area contributed by atoms with E-state index >= 15 is 0 Å². The second-order valence-electron chi connectivity index (χ2n) is 7.43. The lowest BCUT2D eigenvalue weighted by Crippen LogP contribution is -2.49. The van der Waals surface area contributed by atoms with E-state index in [4.69, 9.17) is 14.2 Å². The van der Waals surface area contributed by atoms with Gasteiger partial charge in [0.25, 0.3) is 0 Å². The molecule has 0 radical (unpaired) electrons. The summed E-state index contributed by atoms with van der Waals surface area (Å²) in [5.74, 6) is 2.19. The molecule has 30 heavy (non-hydrogen) atoms. The van der Waals surface area contributed by atoms with Gasteiger partial charge in [0.15, 0.2) is 11.5 Å². The third-order valence-corrected chi connectivity index (χ3v) is 5.32. The van der Waals surface area contributed by atoms with Crippen molar-refractivity contribution in [2.75, 3.05) is 58.5 Å². The van der Waals surface area contributed by atoms with E-state index in [9.17, 15) is 5.11 Å². The molecule has 0 aliphatic carbocycles. The van der Waals surface area contributed by atoms with Crippen LogP contribution in [-0.4, -0.2) is 69.7 Å². The van der Waals surface area contributed by atoms with Crippen LogP contribution >= 0.6 is 0 Å². The van der Waals surface area contributed by atoms with Crippen LogP contribution in [0.2, 0.25) is 0 Å². The molecule has 2 aromatic carbocycles. The van der Waals surface area contributed by atoms with Crippen molar-refractivity contribution in [2.24, 2.45) is 0 Å². The Balaban J connectivity index is 1.44. The Morgan fingerprint density at radius 1 is 1.00 bits per heavy atom. The predicted octanol–water partition coefficient (Wildman–Crippen LogP) is 2.99. The Kier molecular flexibility index (Phi) is 7.99. The fourth-order valence-corrected chi connectivity index (χ4v) is 3.64. The molecule has 1 saturated heterocycles. The van der Waals surface area contributed by atoms with Crippen molar-refractivity contribution in [3.05, 3.63) is 60.7 Å². The molecule has 2 aromatic rings. The smallest absolute Gasteiger partial charge is 0.161 e. The van der Waals surface area contributed by atoms with Gasteiger partial charge in [0, 0.05) is 38.4 Å². The zero-order valence-corrected chi connectivity index (χ0v) is 17.9. The van der Waals surface area contributed by atoms with Crippen molar-refractivity contribution in [1.29, 1.82) is 0 Å². The van der Waals surface area contributed by atoms with Crippen LogP contribution in [0.1, 0.15) is 5.56 Å². The minimum absolute atomic E-state index is 0.232. The van der Waals surface area contributed by atoms with Crippen LogP contribution < -0.4 is 19.1 Å². The lowest BCUT2D eigenvalue weighted by molar-refractivity contribution is 0.0653. The minimum Gasteiger partial charge on any atom is -0.497 e. The fourth-order valence-electron chi connectivity index (χ4n) is 3.64. The van der Waals surface area contributed by atoms with Gasteiger partial charge in [-0.15, -0.1) is 6.58 Å². The normalized spacial score (nSPS) is 15.5. The molecule has 0 saturated carbocycles. The number of aliphatic hydroxyl groups excluding tert-OH is 1. The van der Waals surface area contributed by atoms with Crippen LogP contribution in [0.5, 0.6) is 17.2 Å². The summed E-state index contributed by atoms with van der Waals surface area (Å²) in [6.07, 6.45) is 2.07. The van der Waals surface area contributed by atoms with Crippen molar-refractivity contribution in [2.45, 2.75) is 12.5 Å². The molecular formula is C24H32N2O4. The minimum atomic E-state index is -0.560. The Morgan fingerprint density at radius 2 is 1.73 bits per heavy atom. The molecule has 1 fully saturated rings. The molecule has 0 unspecified atom stereocenters. The number of β-amino-alcohol motifs (C(OH)–C–C–N with tert-alkyl or cyclic N) is 1. The summed E-state index contributed by atoms with van der Waals surface area (Å²) in [7, 11) is 3.30. The van der Waals surface area contributed by atoms with Crippen molar-refractivity contribution in [3.63, 3.8) is 0 Å². The average molecular weight is 413 g/mol. The molecule has 6 heteroatoms. The van der Waals surface area contributed by atoms with Crippen LogP contribution in [0.15, 0.2) is 55.1 Å². The molecule has 0 amide bonds. The molecule has 6 nitrogen and oxygen atoms in total. The van der Waals surface area contributed by atoms with E-state index in [-0.39, 0.29) is 6.61 Å². The van der Waals surface area contributed by atoms with Gasteiger partial charge in [-0.2, -0.15) is 0 Å². The second kappa shape index (κ2) is 10.9. The Hall–Kier alpha value is -2.70. The number of methoxy groups -OCH3 is 2. The molecule has 1 N–H and O–H groups in total. The van der Waals surface area contributed by atoms with E-state index in [1.54, 1.807) is 14.2 Å². The summed E-state index contributed by atoms with van der Waals surface area (Å²) in [6.45, 7) is 8.25. The number of anilines is 1. The van der Waals surface area contributed by atoms with Gasteiger partial charge in [0.1, 0.15) is 18.5 Å². The number of rotatable bonds is 10. The summed E-state index contributed by atoms with van der Waals surface area (Å²) >= 11 is 0. The van der Waals surface area contributed by atoms with Gasteiger partial charge in [0.05, 0.1) is 14.2 Å². The third kappa shape index (κ3) is 5.90. The first-order valence-corrected chi connectivity index (χ1v) is 10.3. The van der Waals surface area contributed by atoms with Gasteiger partial charge in [-0.3, -0.25) is 4.90 Å². The van der Waals surface area contributed by atoms with E-state index in [0.29, 0.717) is 18.0 Å². The molecule has 0 bridgehead atoms. The van der Waals surface area contributed by atoms with Gasteiger partial charge >= 0.3 is 0 Å². The Morgan fingerprint density at radius 3 is 2.37 bits per heavy atom. The van der Waals surface area contributed by atoms with Crippen LogP contribution in [0.4, 0.5) is 5.69 Å². The van der Waals surface area contributed by atoms with Gasteiger partial charge in [0.2, 0.25) is 0 Å². The van der Waals surface area contributed by atoms with Gasteiger partial charge in [-0.25, -0.2) is 0 Å². The highest BCUT2D eigenvalue weighted by Crippen LogP contribution is 2.28. The highest BCUT2D eigenvalue weighted by Gasteiger charge is 2.20. The van der Waals surface area contributed by atoms with Crippen molar-refractivity contribution in [3.8, 4) is 17.2 Å². The Labute approximate surface area is 179 Å². The highest BCUT2D eigenvalue weighted by molar-refractivity contribution is 5.49. The molecule has 1 heterocycles. The van der Waals surface area contributed by atoms with E-state index in [2.05, 4.69) is 28.5 Å². The van der Waals surface area contributed by atoms with Crippen LogP contribution in [-0.2, 0) is 6.42 Å². The lowest BCUT2D eigenvalue weighted by Gasteiger charge is -2.36. The number of benzene rings is 2. The van der Waals surface area contributed by atoms with Crippen molar-refractivity contribution in [1.82, 2.24) is 4.90 Å². The van der Waals surface area contributed by atoms with Crippen LogP contribution in [0, 0.1) is 0 Å². The van der Waals surface area contributed by atoms with Crippen molar-refractivity contribution < 1.29 is 19.3 Å². The number of allylic oxidation sites excluding steroid dienone is 1. The molecule has 1 aliphatic rings. The molecule has 0 spiro atoms. The van der Waals surface area contributed by atoms with Crippen LogP contribution in [0.25, 0.3) is 0 Å². The maximum absolute atomic E-state index is 10.5. The van der Waals surface area contributed by atoms with E-state index in [0.717, 1.165) is 43.9 Å². The third-order valence-electron chi connectivity index (χ3n) is 5.32. The second-order valence-corrected chi connectivity index (χ2v) is 7.43. The highest BCUT2D eigenvalue weighted by atomic mass is 16.5. The summed E-state index contributed by atoms with van der Waals surface area (Å²) in [5.41, 5.74) is 2.32. The van der Waals surface area contributed by atoms with Gasteiger partial charge < -0.3 is 24.2 Å². The summed E-state index contributed by atoms with van der Waals surface area (Å²) < 4.78 is 16.5. The zero-order valence-electron chi connectivity index (χ0n) is 17.9. The standard InChI is InChI=1S/C24H32N2O4/c1-4-5-19-6-11-23(24(16-19)29-3)30-18-21(27)17-25-12-14-26(15-13-25)20-7-9-22(28-2)10-8-20/h4,6-11,16,21,27H,1,5,12-15,17-18H2,2-3H3/t21-/m0/s1. The number of aliphatic hydroxyl groups is 1. The SMILES string of the molecule is C=CCc1ccc(OC[C@@H](O)CN2CCN(c3ccc(OC)cc3)CC2)c(OC)c1. The molecule has 0 aromatic heterocycles. The molecule has 1 atom stereocenters. The summed E-state index contributed by atoms with van der Waals surface area (Å²) in [6, 6.07) is 14.0. The maximum atomic E-state index is 10.5. The van der Waals surface area contributed by atoms with Crippen molar-refractivity contribution >= 4 is 5.69 Å². The van der Waals surface area contributed by atoms with Gasteiger partial charge in [-0.05, 0) is 48.4 Å². The first-order valence-electron chi connectivity index (χ1n) is 10.3. The predicted molar refractivity (Wildman–Crippen MR) is 120 cm³/mol. The number of ether oxygens (including phenoxy) is 3. The zero-order chi connectivity index (χ0) is 21.3. The van der Waals surface area contributed by atoms with E-state index in [1.165, 1.54) is 5.69 Å². The van der Waals surface area contributed by atoms with Gasteiger partial charge in [-0.1, -0.05) is 12.1 Å². The van der Waals surface area contributed by atoms with Crippen LogP contribution in [0.3, 0.4) is 0 Å². The number of hydrogen-bond acceptors (Lipinski definition) is 6. The average Bonchev–Trinajstić information content (AvgIpc) is 2.79. The fraction of sp³-hybridized carbons (Fsp3) is 0.417. The number of nitrogens with zero attached hydrogens (tertiary/aromatic N) is 2. The molecule has 162 valence electrons. The molecule has 3 rings (SSSR count). The first-order chi connectivity index (χ1) is 14.6. The number of hydrogen-bond donors (Lipinski definition) is 1.